The molecule has 11 N–H and O–H groups in total. The lowest BCUT2D eigenvalue weighted by atomic mass is 9.88. The molecule has 17 rings (SSSR count). The van der Waals surface area contributed by atoms with Gasteiger partial charge in [-0.2, -0.15) is 19.9 Å². The summed E-state index contributed by atoms with van der Waals surface area (Å²) in [5.41, 5.74) is 11.9. The lowest BCUT2D eigenvalue weighted by molar-refractivity contribution is -0.122. The number of ether oxygens (including phenoxy) is 5. The number of piperazine rings is 1. The van der Waals surface area contributed by atoms with Gasteiger partial charge in [0.15, 0.2) is 38.9 Å². The maximum absolute atomic E-state index is 14.5. The highest BCUT2D eigenvalue weighted by atomic mass is 35.5. The molecule has 2 bridgehead atoms. The Kier molecular flexibility index (Phi) is 38.1. The van der Waals surface area contributed by atoms with Crippen molar-refractivity contribution in [3.05, 3.63) is 197 Å². The second-order valence-electron chi connectivity index (χ2n) is 38.6. The van der Waals surface area contributed by atoms with Crippen LogP contribution in [0.2, 0.25) is 15.1 Å². The van der Waals surface area contributed by atoms with Gasteiger partial charge in [-0.15, -0.1) is 0 Å². The number of sulfone groups is 1. The second-order valence-corrected chi connectivity index (χ2v) is 54.1. The molecule has 4 aliphatic heterocycles. The Morgan fingerprint density at radius 3 is 1.36 bits per heavy atom. The molecule has 11 aromatic rings. The van der Waals surface area contributed by atoms with E-state index in [1.54, 1.807) is 117 Å². The Morgan fingerprint density at radius 2 is 0.893 bits per heavy atom. The second kappa shape index (κ2) is 50.2. The molecular weight excluding hydrogens is 2070 g/mol. The van der Waals surface area contributed by atoms with E-state index >= 15 is 0 Å². The van der Waals surface area contributed by atoms with Crippen LogP contribution in [0.3, 0.4) is 0 Å². The van der Waals surface area contributed by atoms with Gasteiger partial charge in [0, 0.05) is 147 Å². The first-order valence-corrected chi connectivity index (χ1v) is 61.5. The van der Waals surface area contributed by atoms with Gasteiger partial charge in [0.2, 0.25) is 37.1 Å². The van der Waals surface area contributed by atoms with E-state index < -0.39 is 55.9 Å². The zero-order valence-electron chi connectivity index (χ0n) is 86.3. The number of hydrogen-bond acceptors (Lipinski definition) is 33. The number of carbonyl (C=O) groups is 1. The van der Waals surface area contributed by atoms with Crippen molar-refractivity contribution in [2.75, 3.05) is 206 Å². The number of para-hydroxylation sites is 2. The minimum Gasteiger partial charge on any atom is -0.495 e. The third-order valence-electron chi connectivity index (χ3n) is 27.2. The largest absolute Gasteiger partial charge is 0.495 e. The van der Waals surface area contributed by atoms with E-state index in [9.17, 15) is 45.1 Å². The SMILES string of the molecule is CCCP(=O)(CCC)c1ccc(Nc2nc(Nc3ccc(N4CCC(N5CCN(C)CC5)CC4)cc3OC)ncc2Cl)c(OC)c1.COc1cc(N2CCC(N3CCC(F)C3)CC2)ccc1Nc1ncc(Cl)c(Nc2ccccc2P(C)(C)=O)n1.COc1cc(P(C)(=O)O)ccc1Nc1ncc(Cl)c(NC2C3C=CC(C3)C2C(N)=O)n1.COc1cc(P(C)(C)=O)ccc1Nc1ncc(F)c(Nc2ccccc2S(=O)(=O)C(C)C)n1. The number of amides is 1. The molecule has 798 valence electrons. The number of fused-ring (bicyclic) bond motifs is 2. The average molecular weight is 2200 g/mol. The molecule has 7 aromatic carbocycles. The molecule has 4 aromatic heterocycles. The minimum absolute atomic E-state index is 0.0494. The molecule has 5 fully saturated rings. The van der Waals surface area contributed by atoms with Gasteiger partial charge in [-0.25, -0.2) is 37.1 Å². The summed E-state index contributed by atoms with van der Waals surface area (Å²) in [6, 6.07) is 42.3. The number of piperidine rings is 2. The van der Waals surface area contributed by atoms with Crippen LogP contribution in [0.4, 0.5) is 107 Å². The number of primary amides is 1. The molecule has 149 heavy (non-hydrogen) atoms. The lowest BCUT2D eigenvalue weighted by Gasteiger charge is -2.42. The van der Waals surface area contributed by atoms with Gasteiger partial charge in [0.1, 0.15) is 71.4 Å². The summed E-state index contributed by atoms with van der Waals surface area (Å²) in [6.45, 7) is 25.3. The number of nitrogens with two attached hydrogens (primary N) is 1. The first-order valence-electron chi connectivity index (χ1n) is 49.4. The van der Waals surface area contributed by atoms with E-state index in [4.69, 9.17) is 64.2 Å². The molecule has 35 nitrogen and oxygen atoms in total. The first-order chi connectivity index (χ1) is 71.1. The number of nitrogens with one attached hydrogen (secondary N) is 8. The summed E-state index contributed by atoms with van der Waals surface area (Å²) in [4.78, 5) is 68.8. The number of rotatable bonds is 36. The molecule has 45 heteroatoms. The molecule has 1 saturated carbocycles. The number of likely N-dealkylation sites (tertiary alicyclic amines) is 1. The normalized spacial score (nSPS) is 18.1. The Balaban J connectivity index is 0.000000158. The molecule has 6 atom stereocenters. The van der Waals surface area contributed by atoms with E-state index in [1.807, 2.05) is 66.7 Å². The van der Waals surface area contributed by atoms with Gasteiger partial charge in [-0.1, -0.05) is 85.1 Å². The van der Waals surface area contributed by atoms with Gasteiger partial charge < -0.3 is 105 Å². The number of methoxy groups -OCH3 is 5. The summed E-state index contributed by atoms with van der Waals surface area (Å²) >= 11 is 19.2. The Labute approximate surface area is 885 Å². The maximum Gasteiger partial charge on any atom is 0.229 e. The van der Waals surface area contributed by atoms with Crippen molar-refractivity contribution in [1.82, 2.24) is 54.6 Å². The number of carbonyl (C=O) groups excluding carboxylic acids is 1. The van der Waals surface area contributed by atoms with Crippen molar-refractivity contribution in [2.45, 2.75) is 114 Å². The molecule has 1 amide bonds. The summed E-state index contributed by atoms with van der Waals surface area (Å²) in [6.07, 6.45) is 18.0. The average Bonchev–Trinajstić information content (AvgIpc) is 1.62. The number of likely N-dealkylation sites (N-methyl/N-ethyl adjacent to an activating group) is 1. The summed E-state index contributed by atoms with van der Waals surface area (Å²) in [5, 5.41) is 28.0. The number of anilines is 17. The molecule has 6 aliphatic rings. The van der Waals surface area contributed by atoms with Crippen molar-refractivity contribution in [2.24, 2.45) is 23.5 Å². The summed E-state index contributed by atoms with van der Waals surface area (Å²) in [5.74, 6) is 3.70. The van der Waals surface area contributed by atoms with Gasteiger partial charge in [-0.05, 0) is 214 Å². The molecule has 6 unspecified atom stereocenters. The molecule has 4 saturated heterocycles. The monoisotopic (exact) mass is 2200 g/mol. The molecular formula is C104H133Cl3F2N22O13P4S. The molecule has 2 aliphatic carbocycles. The van der Waals surface area contributed by atoms with Gasteiger partial charge in [-0.3, -0.25) is 19.2 Å². The Bertz CT molecular complexity index is 6910. The van der Waals surface area contributed by atoms with E-state index in [-0.39, 0.29) is 63.3 Å². The van der Waals surface area contributed by atoms with Crippen LogP contribution in [0, 0.1) is 23.6 Å². The Morgan fingerprint density at radius 1 is 0.483 bits per heavy atom. The predicted molar refractivity (Wildman–Crippen MR) is 599 cm³/mol. The lowest BCUT2D eigenvalue weighted by Crippen LogP contribution is -2.52. The number of halogens is 5. The molecule has 0 radical (unpaired) electrons. The fourth-order valence-corrected chi connectivity index (χ4v) is 26.3. The standard InChI is InChI=1S/C34H49ClN7O3P.C28H35ClFN6O2P.C22H26FN4O4PS.C20H23ClN5O4P/c1-6-20-46(43,21-7-2)27-9-11-29(32(23-27)45-5)37-33-28(35)24-36-34(39-33)38-30-10-8-26(22-31(30)44-4)41-14-12-25(13-15-41)42-18-16-40(3)17-19-42;1-38-25-16-21(35-14-11-20(12-15-35)36-13-10-19(30)18-36)8-9-23(25)33-28-31-17-22(29)27(34-28)32-24-6-4-5-7-26(24)39(2,3)37;1-14(2)33(29,30)20-9-7-6-8-18(20)25-21-16(23)13-24-22(27-21)26-17-11-10-15(32(4,5)28)12-19(17)31-3;1-30-15-8-12(31(2,28)29)5-6-14(15)24-20-23-9-13(21)19(26-20)25-17-11-4-3-10(7-11)16(17)18(22)27/h8-11,22-25H,6-7,12-21H2,1-5H3,(H2,36,37,38,39);4-9,16-17,19-20H,10-15,18H2,1-3H3,(H2,31,32,33,34);6-14H,1-5H3,(H2,24,25,26,27);3-6,8-11,16-17H,7H2,1-2H3,(H2,22,27)(H,28,29)(H2,23,24,25,26). The zero-order chi connectivity index (χ0) is 107. The number of nitrogens with zero attached hydrogens (tertiary/aromatic N) is 13. The number of allylic oxidation sites excluding steroid dienone is 1. The van der Waals surface area contributed by atoms with Crippen LogP contribution in [0.5, 0.6) is 28.7 Å². The van der Waals surface area contributed by atoms with Crippen LogP contribution < -0.4 is 103 Å². The number of benzene rings is 7. The van der Waals surface area contributed by atoms with E-state index in [0.29, 0.717) is 139 Å². The third-order valence-corrected chi connectivity index (χ3v) is 38.1. The van der Waals surface area contributed by atoms with Crippen molar-refractivity contribution in [3.63, 3.8) is 0 Å². The fraction of sp³-hybridized carbons (Fsp3) is 0.413. The highest BCUT2D eigenvalue weighted by molar-refractivity contribution is 7.92. The van der Waals surface area contributed by atoms with E-state index in [0.717, 1.165) is 117 Å². The van der Waals surface area contributed by atoms with Crippen LogP contribution in [-0.4, -0.2) is 257 Å². The molecule has 0 spiro atoms. The van der Waals surface area contributed by atoms with E-state index in [2.05, 4.69) is 152 Å². The van der Waals surface area contributed by atoms with Crippen LogP contribution in [0.1, 0.15) is 79.1 Å². The van der Waals surface area contributed by atoms with Crippen molar-refractivity contribution in [3.8, 4) is 28.7 Å². The van der Waals surface area contributed by atoms with Gasteiger partial charge in [0.05, 0.1) is 116 Å². The summed E-state index contributed by atoms with van der Waals surface area (Å²) < 4.78 is 132. The number of aromatic nitrogens is 8. The summed E-state index contributed by atoms with van der Waals surface area (Å²) in [7, 11) is -4.45. The fourth-order valence-electron chi connectivity index (χ4n) is 19.1. The van der Waals surface area contributed by atoms with Gasteiger partial charge in [0.25, 0.3) is 0 Å². The Hall–Kier alpha value is -11.5. The number of hydrogen-bond donors (Lipinski definition) is 10. The van der Waals surface area contributed by atoms with Crippen LogP contribution in [0.25, 0.3) is 0 Å². The van der Waals surface area contributed by atoms with Crippen LogP contribution in [-0.2, 0) is 32.9 Å². The highest BCUT2D eigenvalue weighted by Gasteiger charge is 2.48. The first kappa shape index (κ1) is 113. The van der Waals surface area contributed by atoms with Crippen LogP contribution in [0.15, 0.2) is 181 Å². The van der Waals surface area contributed by atoms with Crippen molar-refractivity contribution < 1.29 is 68.8 Å². The van der Waals surface area contributed by atoms with Gasteiger partial charge >= 0.3 is 0 Å². The number of alkyl halides is 1. The quantitative estimate of drug-likeness (QED) is 0.0129. The third kappa shape index (κ3) is 28.7. The predicted octanol–water partition coefficient (Wildman–Crippen LogP) is 19.6. The van der Waals surface area contributed by atoms with E-state index in [1.165, 1.54) is 71.3 Å². The topological polar surface area (TPSA) is 427 Å². The van der Waals surface area contributed by atoms with Crippen LogP contribution >= 0.6 is 63.6 Å². The zero-order valence-corrected chi connectivity index (χ0v) is 93.0. The minimum atomic E-state index is -3.61. The highest BCUT2D eigenvalue weighted by Crippen LogP contribution is 2.50. The van der Waals surface area contributed by atoms with Crippen molar-refractivity contribution in [1.29, 1.82) is 0 Å². The smallest absolute Gasteiger partial charge is 0.229 e. The molecule has 8 heterocycles. The van der Waals surface area contributed by atoms with Crippen molar-refractivity contribution >= 4 is 199 Å². The maximum atomic E-state index is 14.5.